The molecule has 1 atom stereocenters. The van der Waals surface area contributed by atoms with E-state index in [-0.39, 0.29) is 41.7 Å². The molecule has 1 fully saturated rings. The maximum atomic E-state index is 12.4. The van der Waals surface area contributed by atoms with E-state index in [9.17, 15) is 14.4 Å². The Morgan fingerprint density at radius 1 is 1.16 bits per heavy atom. The van der Waals surface area contributed by atoms with Crippen LogP contribution in [0.15, 0.2) is 42.5 Å². The largest absolute Gasteiger partial charge is 0.484 e. The van der Waals surface area contributed by atoms with Crippen LogP contribution in [0.1, 0.15) is 20.3 Å². The Balaban J connectivity index is 1.52. The average molecular weight is 478 g/mol. The van der Waals surface area contributed by atoms with Crippen molar-refractivity contribution in [1.82, 2.24) is 5.32 Å². The first-order chi connectivity index (χ1) is 15.2. The van der Waals surface area contributed by atoms with Crippen LogP contribution in [-0.2, 0) is 14.4 Å². The van der Waals surface area contributed by atoms with E-state index in [1.54, 1.807) is 47.4 Å². The summed E-state index contributed by atoms with van der Waals surface area (Å²) in [6.45, 7) is 4.75. The zero-order valence-electron chi connectivity index (χ0n) is 17.9. The van der Waals surface area contributed by atoms with E-state index in [0.717, 1.165) is 0 Å². The third-order valence-electron chi connectivity index (χ3n) is 4.92. The van der Waals surface area contributed by atoms with Crippen LogP contribution in [0.5, 0.6) is 5.75 Å². The molecular formula is C23H25Cl2N3O4. The molecule has 0 aliphatic carbocycles. The second-order valence-electron chi connectivity index (χ2n) is 7.98. The number of benzene rings is 2. The highest BCUT2D eigenvalue weighted by Crippen LogP contribution is 2.30. The molecule has 0 spiro atoms. The molecule has 0 aromatic heterocycles. The molecule has 2 aromatic rings. The molecule has 1 aliphatic rings. The van der Waals surface area contributed by atoms with Crippen molar-refractivity contribution in [3.63, 3.8) is 0 Å². The fourth-order valence-corrected chi connectivity index (χ4v) is 3.59. The van der Waals surface area contributed by atoms with E-state index in [1.807, 2.05) is 13.8 Å². The van der Waals surface area contributed by atoms with Gasteiger partial charge in [0.05, 0.1) is 21.7 Å². The van der Waals surface area contributed by atoms with E-state index in [2.05, 4.69) is 10.6 Å². The summed E-state index contributed by atoms with van der Waals surface area (Å²) in [5, 5.41) is 6.14. The molecule has 9 heteroatoms. The maximum absolute atomic E-state index is 12.4. The number of carbonyl (C=O) groups is 3. The number of rotatable bonds is 8. The van der Waals surface area contributed by atoms with Gasteiger partial charge in [-0.15, -0.1) is 0 Å². The summed E-state index contributed by atoms with van der Waals surface area (Å²) < 4.78 is 5.51. The molecular weight excluding hydrogens is 453 g/mol. The molecule has 1 saturated heterocycles. The SMILES string of the molecule is CC(C)CNC(=O)[C@H]1CC(=O)N(c2ccc(OCC(=O)Nc3cccc(Cl)c3Cl)cc2)C1. The molecule has 2 aromatic carbocycles. The first-order valence-electron chi connectivity index (χ1n) is 10.3. The average Bonchev–Trinajstić information content (AvgIpc) is 3.16. The van der Waals surface area contributed by atoms with Crippen molar-refractivity contribution < 1.29 is 19.1 Å². The quantitative estimate of drug-likeness (QED) is 0.597. The van der Waals surface area contributed by atoms with E-state index < -0.39 is 0 Å². The van der Waals surface area contributed by atoms with Gasteiger partial charge in [-0.3, -0.25) is 14.4 Å². The lowest BCUT2D eigenvalue weighted by atomic mass is 10.1. The number of nitrogens with one attached hydrogen (secondary N) is 2. The third-order valence-corrected chi connectivity index (χ3v) is 5.74. The normalized spacial score (nSPS) is 15.7. The first kappa shape index (κ1) is 23.9. The van der Waals surface area contributed by atoms with Crippen LogP contribution in [-0.4, -0.2) is 37.4 Å². The molecule has 32 heavy (non-hydrogen) atoms. The molecule has 0 radical (unpaired) electrons. The van der Waals surface area contributed by atoms with Gasteiger partial charge >= 0.3 is 0 Å². The molecule has 170 valence electrons. The number of hydrogen-bond acceptors (Lipinski definition) is 4. The van der Waals surface area contributed by atoms with Crippen LogP contribution in [0.3, 0.4) is 0 Å². The Morgan fingerprint density at radius 3 is 2.56 bits per heavy atom. The van der Waals surface area contributed by atoms with Crippen molar-refractivity contribution >= 4 is 52.3 Å². The lowest BCUT2D eigenvalue weighted by Crippen LogP contribution is -2.35. The topological polar surface area (TPSA) is 87.7 Å². The predicted molar refractivity (Wildman–Crippen MR) is 125 cm³/mol. The summed E-state index contributed by atoms with van der Waals surface area (Å²) in [6.07, 6.45) is 0.189. The number of ether oxygens (including phenoxy) is 1. The number of amides is 3. The van der Waals surface area contributed by atoms with Gasteiger partial charge < -0.3 is 20.3 Å². The van der Waals surface area contributed by atoms with Gasteiger partial charge in [0, 0.05) is 25.2 Å². The highest BCUT2D eigenvalue weighted by Gasteiger charge is 2.35. The van der Waals surface area contributed by atoms with Gasteiger partial charge in [-0.1, -0.05) is 43.1 Å². The molecule has 1 heterocycles. The van der Waals surface area contributed by atoms with E-state index >= 15 is 0 Å². The maximum Gasteiger partial charge on any atom is 0.262 e. The summed E-state index contributed by atoms with van der Waals surface area (Å²) in [5.41, 5.74) is 1.08. The standard InChI is InChI=1S/C23H25Cl2N3O4/c1-14(2)11-26-23(31)15-10-21(30)28(12-15)16-6-8-17(9-7-16)32-13-20(29)27-19-5-3-4-18(24)22(19)25/h3-9,14-15H,10-13H2,1-2H3,(H,26,31)(H,27,29)/t15-/m0/s1. The number of nitrogens with zero attached hydrogens (tertiary/aromatic N) is 1. The van der Waals surface area contributed by atoms with E-state index in [4.69, 9.17) is 27.9 Å². The molecule has 0 unspecified atom stereocenters. The number of carbonyl (C=O) groups excluding carboxylic acids is 3. The van der Waals surface area contributed by atoms with Crippen molar-refractivity contribution in [2.45, 2.75) is 20.3 Å². The Kier molecular flexibility index (Phi) is 7.99. The molecule has 3 rings (SSSR count). The fourth-order valence-electron chi connectivity index (χ4n) is 3.24. The Labute approximate surface area is 197 Å². The lowest BCUT2D eigenvalue weighted by Gasteiger charge is -2.17. The van der Waals surface area contributed by atoms with E-state index in [0.29, 0.717) is 41.2 Å². The van der Waals surface area contributed by atoms with Gasteiger partial charge in [-0.05, 0) is 42.3 Å². The highest BCUT2D eigenvalue weighted by molar-refractivity contribution is 6.44. The van der Waals surface area contributed by atoms with Crippen molar-refractivity contribution in [1.29, 1.82) is 0 Å². The zero-order chi connectivity index (χ0) is 23.3. The van der Waals surface area contributed by atoms with Crippen molar-refractivity contribution in [3.05, 3.63) is 52.5 Å². The summed E-state index contributed by atoms with van der Waals surface area (Å²) in [7, 11) is 0. The Bertz CT molecular complexity index is 995. The molecule has 1 aliphatic heterocycles. The van der Waals surface area contributed by atoms with Crippen LogP contribution < -0.4 is 20.3 Å². The summed E-state index contributed by atoms with van der Waals surface area (Å²) in [6, 6.07) is 11.8. The minimum Gasteiger partial charge on any atom is -0.484 e. The summed E-state index contributed by atoms with van der Waals surface area (Å²) >= 11 is 12.0. The number of halogens is 2. The van der Waals surface area contributed by atoms with E-state index in [1.165, 1.54) is 0 Å². The smallest absolute Gasteiger partial charge is 0.262 e. The van der Waals surface area contributed by atoms with Gasteiger partial charge in [-0.25, -0.2) is 0 Å². The molecule has 2 N–H and O–H groups in total. The molecule has 0 bridgehead atoms. The minimum atomic E-state index is -0.386. The third kappa shape index (κ3) is 6.14. The monoisotopic (exact) mass is 477 g/mol. The van der Waals surface area contributed by atoms with Gasteiger partial charge in [0.2, 0.25) is 11.8 Å². The van der Waals surface area contributed by atoms with Crippen LogP contribution >= 0.6 is 23.2 Å². The first-order valence-corrected chi connectivity index (χ1v) is 11.0. The molecule has 3 amide bonds. The van der Waals surface area contributed by atoms with Gasteiger partial charge in [0.25, 0.3) is 5.91 Å². The Morgan fingerprint density at radius 2 is 1.88 bits per heavy atom. The van der Waals surface area contributed by atoms with Crippen molar-refractivity contribution in [2.75, 3.05) is 29.9 Å². The number of anilines is 2. The second-order valence-corrected chi connectivity index (χ2v) is 8.76. The van der Waals surface area contributed by atoms with Gasteiger partial charge in [-0.2, -0.15) is 0 Å². The number of hydrogen-bond donors (Lipinski definition) is 2. The van der Waals surface area contributed by atoms with Crippen molar-refractivity contribution in [3.8, 4) is 5.75 Å². The molecule has 0 saturated carbocycles. The van der Waals surface area contributed by atoms with Gasteiger partial charge in [0.15, 0.2) is 6.61 Å². The van der Waals surface area contributed by atoms with Crippen LogP contribution in [0.4, 0.5) is 11.4 Å². The zero-order valence-corrected chi connectivity index (χ0v) is 19.4. The lowest BCUT2D eigenvalue weighted by molar-refractivity contribution is -0.126. The predicted octanol–water partition coefficient (Wildman–Crippen LogP) is 4.14. The van der Waals surface area contributed by atoms with Gasteiger partial charge in [0.1, 0.15) is 5.75 Å². The van der Waals surface area contributed by atoms with Crippen LogP contribution in [0.25, 0.3) is 0 Å². The summed E-state index contributed by atoms with van der Waals surface area (Å²) in [4.78, 5) is 38.4. The Hall–Kier alpha value is -2.77. The van der Waals surface area contributed by atoms with Crippen molar-refractivity contribution in [2.24, 2.45) is 11.8 Å². The highest BCUT2D eigenvalue weighted by atomic mass is 35.5. The van der Waals surface area contributed by atoms with Crippen LogP contribution in [0.2, 0.25) is 10.0 Å². The second kappa shape index (κ2) is 10.7. The minimum absolute atomic E-state index is 0.0962. The summed E-state index contributed by atoms with van der Waals surface area (Å²) in [5.74, 6) is -0.118. The van der Waals surface area contributed by atoms with Crippen LogP contribution in [0, 0.1) is 11.8 Å². The molecule has 7 nitrogen and oxygen atoms in total. The fraction of sp³-hybridized carbons (Fsp3) is 0.348.